The van der Waals surface area contributed by atoms with E-state index in [2.05, 4.69) is 15.6 Å². The van der Waals surface area contributed by atoms with Crippen LogP contribution in [0.15, 0.2) is 79.0 Å². The Balaban J connectivity index is 1.60. The average molecular weight is 388 g/mol. The van der Waals surface area contributed by atoms with E-state index in [0.29, 0.717) is 17.7 Å². The molecule has 144 valence electrons. The number of carbonyl (C=O) groups excluding carboxylic acids is 2. The van der Waals surface area contributed by atoms with E-state index in [-0.39, 0.29) is 11.5 Å². The van der Waals surface area contributed by atoms with Crippen molar-refractivity contribution in [1.82, 2.24) is 14.7 Å². The molecule has 4 aromatic rings. The number of nitrogens with zero attached hydrogens (tertiary/aromatic N) is 2. The molecule has 6 nitrogen and oxygen atoms in total. The van der Waals surface area contributed by atoms with Crippen molar-refractivity contribution in [2.75, 3.05) is 5.32 Å². The van der Waals surface area contributed by atoms with Gasteiger partial charge < -0.3 is 10.6 Å². The lowest BCUT2D eigenvalue weighted by atomic mass is 10.2. The number of aromatic nitrogens is 2. The van der Waals surface area contributed by atoms with Crippen LogP contribution < -0.4 is 10.6 Å². The van der Waals surface area contributed by atoms with Crippen molar-refractivity contribution >= 4 is 23.0 Å². The molecule has 0 spiro atoms. The SMILES string of the molecule is O=C(Nc1ccc(F)cc1)c1nc(C(=O)NCc2ccccc2)n2ccccc12. The van der Waals surface area contributed by atoms with E-state index in [1.807, 2.05) is 30.3 Å². The molecule has 0 atom stereocenters. The molecule has 0 aliphatic carbocycles. The maximum atomic E-state index is 13.1. The van der Waals surface area contributed by atoms with Crippen molar-refractivity contribution in [3.8, 4) is 0 Å². The molecule has 2 N–H and O–H groups in total. The predicted octanol–water partition coefficient (Wildman–Crippen LogP) is 3.66. The Morgan fingerprint density at radius 3 is 2.38 bits per heavy atom. The number of rotatable bonds is 5. The van der Waals surface area contributed by atoms with Crippen LogP contribution in [0.25, 0.3) is 5.52 Å². The second-order valence-electron chi connectivity index (χ2n) is 6.37. The van der Waals surface area contributed by atoms with Crippen LogP contribution in [0.5, 0.6) is 0 Å². The summed E-state index contributed by atoms with van der Waals surface area (Å²) in [5, 5.41) is 5.49. The lowest BCUT2D eigenvalue weighted by Crippen LogP contribution is -2.25. The predicted molar refractivity (Wildman–Crippen MR) is 107 cm³/mol. The number of anilines is 1. The molecule has 0 saturated carbocycles. The van der Waals surface area contributed by atoms with Crippen LogP contribution in [-0.4, -0.2) is 21.2 Å². The number of carbonyl (C=O) groups is 2. The first-order valence-electron chi connectivity index (χ1n) is 8.98. The largest absolute Gasteiger partial charge is 0.345 e. The molecule has 0 radical (unpaired) electrons. The highest BCUT2D eigenvalue weighted by molar-refractivity contribution is 6.08. The fraction of sp³-hybridized carbons (Fsp3) is 0.0455. The number of hydrogen-bond donors (Lipinski definition) is 2. The Kier molecular flexibility index (Phi) is 5.03. The normalized spacial score (nSPS) is 10.7. The van der Waals surface area contributed by atoms with Gasteiger partial charge in [0.25, 0.3) is 11.8 Å². The Morgan fingerprint density at radius 2 is 1.62 bits per heavy atom. The molecule has 29 heavy (non-hydrogen) atoms. The van der Waals surface area contributed by atoms with Crippen LogP contribution in [0.1, 0.15) is 26.7 Å². The third kappa shape index (κ3) is 3.98. The van der Waals surface area contributed by atoms with Gasteiger partial charge in [-0.1, -0.05) is 36.4 Å². The molecule has 2 heterocycles. The van der Waals surface area contributed by atoms with E-state index >= 15 is 0 Å². The highest BCUT2D eigenvalue weighted by Crippen LogP contribution is 2.16. The lowest BCUT2D eigenvalue weighted by Gasteiger charge is -2.04. The topological polar surface area (TPSA) is 75.5 Å². The molecule has 7 heteroatoms. The van der Waals surface area contributed by atoms with Crippen molar-refractivity contribution < 1.29 is 14.0 Å². The number of pyridine rings is 1. The second kappa shape index (κ2) is 7.93. The van der Waals surface area contributed by atoms with E-state index < -0.39 is 17.6 Å². The van der Waals surface area contributed by atoms with E-state index in [4.69, 9.17) is 0 Å². The summed E-state index contributed by atoms with van der Waals surface area (Å²) in [7, 11) is 0. The minimum absolute atomic E-state index is 0.111. The van der Waals surface area contributed by atoms with E-state index in [1.165, 1.54) is 24.3 Å². The zero-order valence-corrected chi connectivity index (χ0v) is 15.3. The van der Waals surface area contributed by atoms with Crippen molar-refractivity contribution in [3.63, 3.8) is 0 Å². The Morgan fingerprint density at radius 1 is 0.897 bits per heavy atom. The fourth-order valence-corrected chi connectivity index (χ4v) is 2.95. The molecule has 2 aromatic heterocycles. The van der Waals surface area contributed by atoms with Gasteiger partial charge in [-0.3, -0.25) is 14.0 Å². The maximum absolute atomic E-state index is 13.1. The summed E-state index contributed by atoms with van der Waals surface area (Å²) in [5.74, 6) is -1.16. The van der Waals surface area contributed by atoms with Gasteiger partial charge in [-0.2, -0.15) is 0 Å². The van der Waals surface area contributed by atoms with Gasteiger partial charge in [-0.05, 0) is 42.0 Å². The minimum Gasteiger partial charge on any atom is -0.345 e. The highest BCUT2D eigenvalue weighted by Gasteiger charge is 2.21. The molecule has 0 saturated heterocycles. The number of imidazole rings is 1. The fourth-order valence-electron chi connectivity index (χ4n) is 2.95. The molecule has 0 unspecified atom stereocenters. The number of benzene rings is 2. The molecule has 2 aromatic carbocycles. The third-order valence-corrected chi connectivity index (χ3v) is 4.36. The van der Waals surface area contributed by atoms with E-state index in [1.54, 1.807) is 28.8 Å². The van der Waals surface area contributed by atoms with Crippen LogP contribution >= 0.6 is 0 Å². The lowest BCUT2D eigenvalue weighted by molar-refractivity contribution is 0.0940. The van der Waals surface area contributed by atoms with Gasteiger partial charge in [0, 0.05) is 18.4 Å². The van der Waals surface area contributed by atoms with Crippen molar-refractivity contribution in [1.29, 1.82) is 0 Å². The number of hydrogen-bond acceptors (Lipinski definition) is 3. The monoisotopic (exact) mass is 388 g/mol. The third-order valence-electron chi connectivity index (χ3n) is 4.36. The van der Waals surface area contributed by atoms with E-state index in [9.17, 15) is 14.0 Å². The van der Waals surface area contributed by atoms with E-state index in [0.717, 1.165) is 5.56 Å². The molecule has 2 amide bonds. The van der Waals surface area contributed by atoms with Crippen LogP contribution in [-0.2, 0) is 6.54 Å². The molecule has 0 aliphatic rings. The summed E-state index contributed by atoms with van der Waals surface area (Å²) in [4.78, 5) is 29.7. The van der Waals surface area contributed by atoms with Gasteiger partial charge in [-0.15, -0.1) is 0 Å². The summed E-state index contributed by atoms with van der Waals surface area (Å²) in [5.41, 5.74) is 2.00. The Labute approximate surface area is 166 Å². The molecule has 0 aliphatic heterocycles. The van der Waals surface area contributed by atoms with Gasteiger partial charge in [0.1, 0.15) is 5.82 Å². The summed E-state index contributed by atoms with van der Waals surface area (Å²) < 4.78 is 14.6. The molecule has 4 rings (SSSR count). The maximum Gasteiger partial charge on any atom is 0.287 e. The summed E-state index contributed by atoms with van der Waals surface area (Å²) in [6.45, 7) is 0.346. The smallest absolute Gasteiger partial charge is 0.287 e. The Hall–Kier alpha value is -4.00. The number of fused-ring (bicyclic) bond motifs is 1. The number of nitrogens with one attached hydrogen (secondary N) is 2. The first-order valence-corrected chi connectivity index (χ1v) is 8.98. The molecule has 0 fully saturated rings. The summed E-state index contributed by atoms with van der Waals surface area (Å²) in [6.07, 6.45) is 1.68. The Bertz CT molecular complexity index is 1170. The number of amides is 2. The zero-order valence-electron chi connectivity index (χ0n) is 15.3. The number of halogens is 1. The van der Waals surface area contributed by atoms with Gasteiger partial charge in [0.2, 0.25) is 5.82 Å². The quantitative estimate of drug-likeness (QED) is 0.548. The minimum atomic E-state index is -0.484. The van der Waals surface area contributed by atoms with Crippen LogP contribution in [0, 0.1) is 5.82 Å². The highest BCUT2D eigenvalue weighted by atomic mass is 19.1. The molecular weight excluding hydrogens is 371 g/mol. The van der Waals surface area contributed by atoms with Gasteiger partial charge in [0.15, 0.2) is 5.69 Å². The van der Waals surface area contributed by atoms with Gasteiger partial charge in [-0.25, -0.2) is 9.37 Å². The standard InChI is InChI=1S/C22H17FN4O2/c23-16-9-11-17(12-10-16)25-21(28)19-18-8-4-5-13-27(18)20(26-19)22(29)24-14-15-6-2-1-3-7-15/h1-13H,14H2,(H,24,29)(H,25,28). The van der Waals surface area contributed by atoms with Crippen LogP contribution in [0.3, 0.4) is 0 Å². The van der Waals surface area contributed by atoms with Crippen molar-refractivity contribution in [3.05, 3.63) is 102 Å². The van der Waals surface area contributed by atoms with Crippen molar-refractivity contribution in [2.24, 2.45) is 0 Å². The first-order chi connectivity index (χ1) is 14.1. The first kappa shape index (κ1) is 18.4. The summed E-state index contributed by atoms with van der Waals surface area (Å²) in [6, 6.07) is 20.2. The van der Waals surface area contributed by atoms with Crippen LogP contribution in [0.4, 0.5) is 10.1 Å². The average Bonchev–Trinajstić information content (AvgIpc) is 3.14. The van der Waals surface area contributed by atoms with Gasteiger partial charge in [0.05, 0.1) is 5.52 Å². The summed E-state index contributed by atoms with van der Waals surface area (Å²) >= 11 is 0. The van der Waals surface area contributed by atoms with Crippen LogP contribution in [0.2, 0.25) is 0 Å². The molecule has 0 bridgehead atoms. The second-order valence-corrected chi connectivity index (χ2v) is 6.37. The van der Waals surface area contributed by atoms with Gasteiger partial charge >= 0.3 is 0 Å². The molecular formula is C22H17FN4O2. The zero-order chi connectivity index (χ0) is 20.2. The van der Waals surface area contributed by atoms with Crippen molar-refractivity contribution in [2.45, 2.75) is 6.54 Å².